The van der Waals surface area contributed by atoms with Gasteiger partial charge in [-0.25, -0.2) is 4.79 Å². The number of amides is 2. The fourth-order valence-corrected chi connectivity index (χ4v) is 3.79. The van der Waals surface area contributed by atoms with Gasteiger partial charge < -0.3 is 15.0 Å². The van der Waals surface area contributed by atoms with Gasteiger partial charge in [-0.2, -0.15) is 0 Å². The Hall–Kier alpha value is -2.63. The molecule has 27 heavy (non-hydrogen) atoms. The topological polar surface area (TPSA) is 67.3 Å². The molecule has 144 valence electrons. The summed E-state index contributed by atoms with van der Waals surface area (Å²) in [5, 5.41) is 3.06. The van der Waals surface area contributed by atoms with Crippen LogP contribution in [0.5, 0.6) is 5.75 Å². The predicted molar refractivity (Wildman–Crippen MR) is 105 cm³/mol. The molecule has 1 fully saturated rings. The van der Waals surface area contributed by atoms with Crippen molar-refractivity contribution >= 4 is 6.03 Å². The molecule has 2 aromatic rings. The van der Waals surface area contributed by atoms with Crippen LogP contribution in [0.25, 0.3) is 0 Å². The van der Waals surface area contributed by atoms with Gasteiger partial charge in [-0.1, -0.05) is 12.8 Å². The van der Waals surface area contributed by atoms with E-state index in [4.69, 9.17) is 4.74 Å². The van der Waals surface area contributed by atoms with Crippen LogP contribution in [-0.2, 0) is 6.54 Å². The molecular formula is C21H28N4O2. The van der Waals surface area contributed by atoms with E-state index in [1.807, 2.05) is 30.9 Å². The predicted octanol–water partition coefficient (Wildman–Crippen LogP) is 3.93. The maximum atomic E-state index is 13.0. The fourth-order valence-electron chi connectivity index (χ4n) is 3.79. The van der Waals surface area contributed by atoms with Crippen LogP contribution in [0.3, 0.4) is 0 Å². The smallest absolute Gasteiger partial charge is 0.318 e. The van der Waals surface area contributed by atoms with Crippen molar-refractivity contribution in [3.05, 3.63) is 53.1 Å². The number of nitrogens with one attached hydrogen (secondary N) is 1. The average molecular weight is 368 g/mol. The van der Waals surface area contributed by atoms with Crippen LogP contribution in [0.4, 0.5) is 4.79 Å². The highest BCUT2D eigenvalue weighted by molar-refractivity contribution is 5.74. The number of carbonyl (C=O) groups is 1. The van der Waals surface area contributed by atoms with Crippen molar-refractivity contribution in [2.24, 2.45) is 0 Å². The van der Waals surface area contributed by atoms with Crippen molar-refractivity contribution in [1.82, 2.24) is 20.2 Å². The lowest BCUT2D eigenvalue weighted by molar-refractivity contribution is 0.175. The van der Waals surface area contributed by atoms with Crippen LogP contribution in [0.2, 0.25) is 0 Å². The van der Waals surface area contributed by atoms with Crippen molar-refractivity contribution in [3.8, 4) is 5.75 Å². The lowest BCUT2D eigenvalue weighted by atomic mass is 10.0. The van der Waals surface area contributed by atoms with E-state index in [9.17, 15) is 4.79 Å². The quantitative estimate of drug-likeness (QED) is 0.888. The third-order valence-corrected chi connectivity index (χ3v) is 5.26. The van der Waals surface area contributed by atoms with Gasteiger partial charge >= 0.3 is 6.03 Å². The third kappa shape index (κ3) is 4.38. The van der Waals surface area contributed by atoms with Gasteiger partial charge in [0.05, 0.1) is 25.4 Å². The molecule has 0 unspecified atom stereocenters. The van der Waals surface area contributed by atoms with E-state index in [1.165, 1.54) is 0 Å². The summed E-state index contributed by atoms with van der Waals surface area (Å²) in [6.07, 6.45) is 9.68. The van der Waals surface area contributed by atoms with Crippen molar-refractivity contribution in [1.29, 1.82) is 0 Å². The highest BCUT2D eigenvalue weighted by Gasteiger charge is 2.26. The zero-order valence-corrected chi connectivity index (χ0v) is 16.4. The molecule has 1 N–H and O–H groups in total. The maximum Gasteiger partial charge on any atom is 0.318 e. The molecule has 1 saturated heterocycles. The van der Waals surface area contributed by atoms with E-state index in [-0.39, 0.29) is 12.1 Å². The van der Waals surface area contributed by atoms with E-state index in [0.29, 0.717) is 6.54 Å². The number of ether oxygens (including phenoxy) is 1. The number of aromatic nitrogens is 2. The molecule has 1 aliphatic heterocycles. The first-order valence-corrected chi connectivity index (χ1v) is 9.55. The number of urea groups is 1. The SMILES string of the molecule is COc1c(C)cnc(CNC(=O)N2CCCCC[C@@H]2c2ccncc2)c1C. The van der Waals surface area contributed by atoms with Gasteiger partial charge in [0, 0.05) is 36.3 Å². The third-order valence-electron chi connectivity index (χ3n) is 5.26. The molecule has 3 heterocycles. The second kappa shape index (κ2) is 8.84. The summed E-state index contributed by atoms with van der Waals surface area (Å²) in [6, 6.07) is 4.07. The van der Waals surface area contributed by atoms with Crippen molar-refractivity contribution in [3.63, 3.8) is 0 Å². The van der Waals surface area contributed by atoms with Crippen LogP contribution >= 0.6 is 0 Å². The molecule has 0 spiro atoms. The monoisotopic (exact) mass is 368 g/mol. The summed E-state index contributed by atoms with van der Waals surface area (Å²) < 4.78 is 5.46. The zero-order chi connectivity index (χ0) is 19.2. The van der Waals surface area contributed by atoms with Gasteiger partial charge in [0.1, 0.15) is 5.75 Å². The fraction of sp³-hybridized carbons (Fsp3) is 0.476. The Labute approximate surface area is 161 Å². The molecule has 0 radical (unpaired) electrons. The first-order chi connectivity index (χ1) is 13.1. The van der Waals surface area contributed by atoms with Gasteiger partial charge in [0.2, 0.25) is 0 Å². The summed E-state index contributed by atoms with van der Waals surface area (Å²) in [4.78, 5) is 23.5. The Bertz CT molecular complexity index is 779. The number of aryl methyl sites for hydroxylation is 1. The summed E-state index contributed by atoms with van der Waals surface area (Å²) in [7, 11) is 1.66. The van der Waals surface area contributed by atoms with Gasteiger partial charge in [-0.3, -0.25) is 9.97 Å². The number of hydrogen-bond acceptors (Lipinski definition) is 4. The molecule has 0 bridgehead atoms. The normalized spacial score (nSPS) is 17.3. The van der Waals surface area contributed by atoms with Crippen LogP contribution in [-0.4, -0.2) is 34.6 Å². The minimum absolute atomic E-state index is 0.0422. The van der Waals surface area contributed by atoms with Crippen molar-refractivity contribution in [2.45, 2.75) is 52.1 Å². The molecule has 0 aliphatic carbocycles. The van der Waals surface area contributed by atoms with E-state index in [1.54, 1.807) is 25.7 Å². The Morgan fingerprint density at radius 1 is 1.26 bits per heavy atom. The van der Waals surface area contributed by atoms with Crippen LogP contribution < -0.4 is 10.1 Å². The number of rotatable bonds is 4. The van der Waals surface area contributed by atoms with Gasteiger partial charge in [0.15, 0.2) is 0 Å². The Balaban J connectivity index is 1.74. The van der Waals surface area contributed by atoms with Crippen molar-refractivity contribution in [2.75, 3.05) is 13.7 Å². The highest BCUT2D eigenvalue weighted by atomic mass is 16.5. The molecule has 6 nitrogen and oxygen atoms in total. The number of likely N-dealkylation sites (tertiary alicyclic amines) is 1. The first-order valence-electron chi connectivity index (χ1n) is 9.55. The second-order valence-corrected chi connectivity index (χ2v) is 7.04. The number of carbonyl (C=O) groups excluding carboxylic acids is 1. The molecule has 0 saturated carbocycles. The van der Waals surface area contributed by atoms with E-state index in [0.717, 1.165) is 60.4 Å². The Morgan fingerprint density at radius 3 is 2.78 bits per heavy atom. The molecule has 2 amide bonds. The summed E-state index contributed by atoms with van der Waals surface area (Å²) in [5.41, 5.74) is 3.95. The standard InChI is InChI=1S/C21H28N4O2/c1-15-13-23-18(16(2)20(15)27-3)14-24-21(26)25-12-6-4-5-7-19(25)17-8-10-22-11-9-17/h8-11,13,19H,4-7,12,14H2,1-3H3,(H,24,26)/t19-/m1/s1. The molecular weight excluding hydrogens is 340 g/mol. The lowest BCUT2D eigenvalue weighted by Crippen LogP contribution is -2.42. The first kappa shape index (κ1) is 19.1. The highest BCUT2D eigenvalue weighted by Crippen LogP contribution is 2.30. The number of methoxy groups -OCH3 is 1. The minimum Gasteiger partial charge on any atom is -0.496 e. The molecule has 0 aromatic carbocycles. The maximum absolute atomic E-state index is 13.0. The van der Waals surface area contributed by atoms with Crippen LogP contribution in [0.1, 0.15) is 54.1 Å². The summed E-state index contributed by atoms with van der Waals surface area (Å²) in [6.45, 7) is 5.10. The molecule has 6 heteroatoms. The molecule has 2 aromatic heterocycles. The van der Waals surface area contributed by atoms with Crippen LogP contribution in [0.15, 0.2) is 30.7 Å². The molecule has 1 aliphatic rings. The van der Waals surface area contributed by atoms with Gasteiger partial charge in [0.25, 0.3) is 0 Å². The second-order valence-electron chi connectivity index (χ2n) is 7.04. The van der Waals surface area contributed by atoms with E-state index in [2.05, 4.69) is 15.3 Å². The Kier molecular flexibility index (Phi) is 6.27. The number of nitrogens with zero attached hydrogens (tertiary/aromatic N) is 3. The summed E-state index contributed by atoms with van der Waals surface area (Å²) in [5.74, 6) is 0.832. The Morgan fingerprint density at radius 2 is 2.04 bits per heavy atom. The average Bonchev–Trinajstić information content (AvgIpc) is 2.94. The van der Waals surface area contributed by atoms with E-state index < -0.39 is 0 Å². The summed E-state index contributed by atoms with van der Waals surface area (Å²) >= 11 is 0. The molecule has 3 rings (SSSR count). The van der Waals surface area contributed by atoms with Gasteiger partial charge in [-0.05, 0) is 44.4 Å². The molecule has 1 atom stereocenters. The lowest BCUT2D eigenvalue weighted by Gasteiger charge is -2.30. The largest absolute Gasteiger partial charge is 0.496 e. The van der Waals surface area contributed by atoms with E-state index >= 15 is 0 Å². The number of hydrogen-bond donors (Lipinski definition) is 1. The minimum atomic E-state index is -0.0422. The van der Waals surface area contributed by atoms with Crippen molar-refractivity contribution < 1.29 is 9.53 Å². The van der Waals surface area contributed by atoms with Crippen LogP contribution in [0, 0.1) is 13.8 Å². The number of pyridine rings is 2. The zero-order valence-electron chi connectivity index (χ0n) is 16.4. The van der Waals surface area contributed by atoms with Gasteiger partial charge in [-0.15, -0.1) is 0 Å².